The van der Waals surface area contributed by atoms with Crippen molar-refractivity contribution in [1.82, 2.24) is 9.99 Å². The summed E-state index contributed by atoms with van der Waals surface area (Å²) >= 11 is 1.27. The van der Waals surface area contributed by atoms with Gasteiger partial charge in [-0.05, 0) is 0 Å². The van der Waals surface area contributed by atoms with Gasteiger partial charge in [0.15, 0.2) is 5.13 Å². The number of rotatable bonds is 2. The van der Waals surface area contributed by atoms with Crippen LogP contribution in [0.3, 0.4) is 0 Å². The van der Waals surface area contributed by atoms with Gasteiger partial charge in [-0.25, -0.2) is 9.78 Å². The first-order valence-corrected chi connectivity index (χ1v) is 3.89. The van der Waals surface area contributed by atoms with Gasteiger partial charge in [0.1, 0.15) is 0 Å². The van der Waals surface area contributed by atoms with Crippen LogP contribution in [0.15, 0.2) is 16.9 Å². The van der Waals surface area contributed by atoms with E-state index in [1.54, 1.807) is 11.6 Å². The summed E-state index contributed by atoms with van der Waals surface area (Å²) in [5.41, 5.74) is 0. The molecule has 0 bridgehead atoms. The minimum Gasteiger partial charge on any atom is -0.282 e. The second-order valence-electron chi connectivity index (χ2n) is 1.87. The molecule has 1 heterocycles. The van der Waals surface area contributed by atoms with E-state index in [9.17, 15) is 9.70 Å². The number of carbonyl (C=O) groups is 1. The molecular formula is C5H6N4O2S. The molecule has 0 aliphatic rings. The van der Waals surface area contributed by atoms with Gasteiger partial charge in [0.05, 0.1) is 5.29 Å². The van der Waals surface area contributed by atoms with Gasteiger partial charge in [-0.1, -0.05) is 0 Å². The molecule has 0 aromatic carbocycles. The number of aromatic nitrogens is 1. The maximum absolute atomic E-state index is 10.9. The first-order valence-electron chi connectivity index (χ1n) is 3.01. The van der Waals surface area contributed by atoms with Crippen LogP contribution in [0.1, 0.15) is 0 Å². The smallest absolute Gasteiger partial charge is 0.282 e. The molecule has 0 spiro atoms. The van der Waals surface area contributed by atoms with E-state index < -0.39 is 6.03 Å². The van der Waals surface area contributed by atoms with Crippen LogP contribution in [0.2, 0.25) is 0 Å². The Labute approximate surface area is 72.2 Å². The van der Waals surface area contributed by atoms with Crippen molar-refractivity contribution >= 4 is 22.5 Å². The SMILES string of the molecule is CN(N=O)C(=O)Nc1nccs1. The molecule has 1 N–H and O–H groups in total. The number of thiazole rings is 1. The number of nitrogens with one attached hydrogen (secondary N) is 1. The maximum atomic E-state index is 10.9. The van der Waals surface area contributed by atoms with Gasteiger partial charge in [0.25, 0.3) is 0 Å². The Morgan fingerprint density at radius 1 is 1.83 bits per heavy atom. The second-order valence-corrected chi connectivity index (χ2v) is 2.77. The third-order valence-corrected chi connectivity index (χ3v) is 1.75. The fraction of sp³-hybridized carbons (Fsp3) is 0.200. The van der Waals surface area contributed by atoms with Crippen LogP contribution in [0.25, 0.3) is 0 Å². The summed E-state index contributed by atoms with van der Waals surface area (Å²) in [5.74, 6) is 0. The van der Waals surface area contributed by atoms with Crippen LogP contribution in [0, 0.1) is 4.91 Å². The second kappa shape index (κ2) is 3.77. The van der Waals surface area contributed by atoms with Crippen molar-refractivity contribution in [3.8, 4) is 0 Å². The van der Waals surface area contributed by atoms with Crippen LogP contribution in [-0.2, 0) is 0 Å². The van der Waals surface area contributed by atoms with E-state index in [1.807, 2.05) is 0 Å². The minimum absolute atomic E-state index is 0.440. The van der Waals surface area contributed by atoms with Crippen LogP contribution < -0.4 is 5.32 Å². The highest BCUT2D eigenvalue weighted by atomic mass is 32.1. The summed E-state index contributed by atoms with van der Waals surface area (Å²) in [6.07, 6.45) is 1.55. The highest BCUT2D eigenvalue weighted by molar-refractivity contribution is 7.13. The van der Waals surface area contributed by atoms with Crippen LogP contribution >= 0.6 is 11.3 Å². The zero-order valence-corrected chi connectivity index (χ0v) is 7.04. The first-order chi connectivity index (χ1) is 5.74. The van der Waals surface area contributed by atoms with E-state index in [0.29, 0.717) is 10.1 Å². The fourth-order valence-corrected chi connectivity index (χ4v) is 1.01. The molecule has 0 saturated carbocycles. The summed E-state index contributed by atoms with van der Waals surface area (Å²) in [7, 11) is 1.26. The zero-order chi connectivity index (χ0) is 8.97. The predicted octanol–water partition coefficient (Wildman–Crippen LogP) is 1.29. The molecule has 1 rings (SSSR count). The molecule has 64 valence electrons. The van der Waals surface area contributed by atoms with Crippen LogP contribution in [-0.4, -0.2) is 23.1 Å². The molecule has 0 aliphatic heterocycles. The third-order valence-electron chi connectivity index (χ3n) is 1.06. The Morgan fingerprint density at radius 3 is 3.08 bits per heavy atom. The molecule has 6 nitrogen and oxygen atoms in total. The Hall–Kier alpha value is -1.50. The van der Waals surface area contributed by atoms with E-state index in [-0.39, 0.29) is 0 Å². The number of hydrogen-bond acceptors (Lipinski definition) is 5. The van der Waals surface area contributed by atoms with Gasteiger partial charge in [-0.15, -0.1) is 16.2 Å². The molecule has 1 aromatic heterocycles. The van der Waals surface area contributed by atoms with Gasteiger partial charge >= 0.3 is 6.03 Å². The summed E-state index contributed by atoms with van der Waals surface area (Å²) in [5, 5.41) is 7.60. The average molecular weight is 186 g/mol. The van der Waals surface area contributed by atoms with Gasteiger partial charge in [-0.3, -0.25) is 5.32 Å². The number of nitrogens with zero attached hydrogens (tertiary/aromatic N) is 3. The highest BCUT2D eigenvalue weighted by Crippen LogP contribution is 2.10. The quantitative estimate of drug-likeness (QED) is 0.558. The lowest BCUT2D eigenvalue weighted by atomic mass is 10.9. The molecule has 12 heavy (non-hydrogen) atoms. The van der Waals surface area contributed by atoms with Crippen LogP contribution in [0.5, 0.6) is 0 Å². The number of urea groups is 1. The lowest BCUT2D eigenvalue weighted by Gasteiger charge is -2.05. The lowest BCUT2D eigenvalue weighted by Crippen LogP contribution is -2.26. The Kier molecular flexibility index (Phi) is 2.70. The zero-order valence-electron chi connectivity index (χ0n) is 6.22. The average Bonchev–Trinajstić information content (AvgIpc) is 2.55. The van der Waals surface area contributed by atoms with Crippen molar-refractivity contribution in [1.29, 1.82) is 0 Å². The molecule has 2 amide bonds. The van der Waals surface area contributed by atoms with Gasteiger partial charge in [-0.2, -0.15) is 5.01 Å². The molecule has 0 radical (unpaired) electrons. The van der Waals surface area contributed by atoms with E-state index in [4.69, 9.17) is 0 Å². The molecule has 0 saturated heterocycles. The molecule has 0 fully saturated rings. The number of hydrogen-bond donors (Lipinski definition) is 1. The molecule has 0 atom stereocenters. The highest BCUT2D eigenvalue weighted by Gasteiger charge is 2.08. The summed E-state index contributed by atoms with van der Waals surface area (Å²) in [6.45, 7) is 0. The Morgan fingerprint density at radius 2 is 2.58 bits per heavy atom. The van der Waals surface area contributed by atoms with Crippen molar-refractivity contribution in [2.24, 2.45) is 5.29 Å². The first kappa shape index (κ1) is 8.60. The van der Waals surface area contributed by atoms with Crippen molar-refractivity contribution in [3.05, 3.63) is 16.5 Å². The fourth-order valence-electron chi connectivity index (χ4n) is 0.495. The summed E-state index contributed by atoms with van der Waals surface area (Å²) in [4.78, 5) is 24.6. The molecule has 1 aromatic rings. The van der Waals surface area contributed by atoms with Crippen molar-refractivity contribution in [2.45, 2.75) is 0 Å². The lowest BCUT2D eigenvalue weighted by molar-refractivity contribution is 0.224. The van der Waals surface area contributed by atoms with Crippen molar-refractivity contribution in [2.75, 3.05) is 12.4 Å². The van der Waals surface area contributed by atoms with Gasteiger partial charge < -0.3 is 0 Å². The van der Waals surface area contributed by atoms with E-state index in [0.717, 1.165) is 0 Å². The van der Waals surface area contributed by atoms with E-state index >= 15 is 0 Å². The monoisotopic (exact) mass is 186 g/mol. The third kappa shape index (κ3) is 1.99. The molecule has 7 heteroatoms. The van der Waals surface area contributed by atoms with Gasteiger partial charge in [0.2, 0.25) is 0 Å². The number of nitroso groups, excluding NO2 is 1. The summed E-state index contributed by atoms with van der Waals surface area (Å²) < 4.78 is 0. The standard InChI is InChI=1S/C5H6N4O2S/c1-9(8-11)5(10)7-4-6-2-3-12-4/h2-3H,1H3,(H,6,7,10). The largest absolute Gasteiger partial charge is 0.346 e. The Balaban J connectivity index is 2.53. The molecule has 0 unspecified atom stereocenters. The predicted molar refractivity (Wildman–Crippen MR) is 44.7 cm³/mol. The Bertz CT molecular complexity index is 273. The number of carbonyl (C=O) groups excluding carboxylic acids is 1. The molecule has 0 aliphatic carbocycles. The minimum atomic E-state index is -0.597. The van der Waals surface area contributed by atoms with Gasteiger partial charge in [0, 0.05) is 18.6 Å². The summed E-state index contributed by atoms with van der Waals surface area (Å²) in [6, 6.07) is -0.597. The number of anilines is 1. The van der Waals surface area contributed by atoms with Crippen molar-refractivity contribution in [3.63, 3.8) is 0 Å². The van der Waals surface area contributed by atoms with E-state index in [2.05, 4.69) is 15.6 Å². The van der Waals surface area contributed by atoms with Crippen LogP contribution in [0.4, 0.5) is 9.93 Å². The van der Waals surface area contributed by atoms with E-state index in [1.165, 1.54) is 18.4 Å². The van der Waals surface area contributed by atoms with Crippen molar-refractivity contribution < 1.29 is 4.79 Å². The molecular weight excluding hydrogens is 180 g/mol. The topological polar surface area (TPSA) is 74.7 Å². The maximum Gasteiger partial charge on any atom is 0.346 e. The number of amides is 2. The normalized spacial score (nSPS) is 9.08.